The standard InChI is InChI=1S/C38H18/c1-5-19-13-20-6-2-10-24-17-29-30-18-26-12-4-8-22-14-21-7-3-11-25-16-28(36(30)38(33(21)25)34(22)26)27-15-23(9-1)31(19)37(32(20)24)35(27)29/h1-18H. The van der Waals surface area contributed by atoms with Gasteiger partial charge in [-0.25, -0.2) is 0 Å². The van der Waals surface area contributed by atoms with E-state index >= 15 is 0 Å². The highest BCUT2D eigenvalue weighted by Crippen LogP contribution is 2.52. The Morgan fingerprint density at radius 3 is 1.61 bits per heavy atom. The van der Waals surface area contributed by atoms with Gasteiger partial charge in [0.05, 0.1) is 21.5 Å². The molecule has 0 aromatic heterocycles. The van der Waals surface area contributed by atoms with E-state index in [0.29, 0.717) is 0 Å². The molecule has 170 valence electrons. The maximum Gasteiger partial charge on any atom is 0.0719 e. The van der Waals surface area contributed by atoms with Crippen LogP contribution in [0.4, 0.5) is 0 Å². The van der Waals surface area contributed by atoms with E-state index in [1.54, 1.807) is 0 Å². The van der Waals surface area contributed by atoms with Crippen molar-refractivity contribution in [1.82, 2.24) is 0 Å². The fraction of sp³-hybridized carbons (Fsp3) is 0. The number of benzene rings is 11. The summed E-state index contributed by atoms with van der Waals surface area (Å²) in [5.74, 6) is 0. The minimum absolute atomic E-state index is 1.33. The zero-order valence-electron chi connectivity index (χ0n) is 20.4. The minimum Gasteiger partial charge on any atom is -0.145 e. The molecule has 38 heavy (non-hydrogen) atoms. The van der Waals surface area contributed by atoms with Crippen molar-refractivity contribution >= 4 is 108 Å². The van der Waals surface area contributed by atoms with Crippen LogP contribution in [0.25, 0.3) is 108 Å². The van der Waals surface area contributed by atoms with E-state index in [9.17, 15) is 0 Å². The summed E-state index contributed by atoms with van der Waals surface area (Å²) in [5.41, 5.74) is 0. The maximum atomic E-state index is 2.47. The van der Waals surface area contributed by atoms with E-state index in [4.69, 9.17) is 0 Å². The Morgan fingerprint density at radius 1 is 0.421 bits per heavy atom. The molecule has 0 heterocycles. The summed E-state index contributed by atoms with van der Waals surface area (Å²) in [4.78, 5) is 0. The molecule has 0 bridgehead atoms. The first kappa shape index (κ1) is 18.3. The van der Waals surface area contributed by atoms with Crippen molar-refractivity contribution in [3.05, 3.63) is 109 Å². The first-order chi connectivity index (χ1) is 18.8. The second-order valence-electron chi connectivity index (χ2n) is 11.3. The number of hydrogen-bond acceptors (Lipinski definition) is 0. The Kier molecular flexibility index (Phi) is 2.79. The third-order valence-electron chi connectivity index (χ3n) is 9.49. The van der Waals surface area contributed by atoms with E-state index in [1.807, 2.05) is 0 Å². The molecule has 0 radical (unpaired) electrons. The van der Waals surface area contributed by atoms with Crippen LogP contribution in [0.3, 0.4) is 0 Å². The molecule has 0 aliphatic carbocycles. The molecule has 0 heteroatoms. The van der Waals surface area contributed by atoms with Gasteiger partial charge in [0.25, 0.3) is 0 Å². The largest absolute Gasteiger partial charge is 0.145 e. The number of fused-ring (bicyclic) bond motifs is 2. The molecule has 0 saturated carbocycles. The lowest BCUT2D eigenvalue weighted by Crippen LogP contribution is -1.94. The van der Waals surface area contributed by atoms with E-state index < -0.39 is 0 Å². The Balaban J connectivity index is 1.61. The predicted molar refractivity (Wildman–Crippen MR) is 166 cm³/mol. The molecule has 0 aliphatic rings. The fourth-order valence-corrected chi connectivity index (χ4v) is 8.15. The van der Waals surface area contributed by atoms with Crippen molar-refractivity contribution in [2.24, 2.45) is 0 Å². The molecule has 11 aromatic rings. The van der Waals surface area contributed by atoms with Crippen LogP contribution < -0.4 is 0 Å². The molecule has 0 N–H and O–H groups in total. The molecular weight excluding hydrogens is 456 g/mol. The molecule has 11 aromatic carbocycles. The van der Waals surface area contributed by atoms with Crippen molar-refractivity contribution in [2.45, 2.75) is 0 Å². The molecule has 0 atom stereocenters. The molecular formula is C38H18. The topological polar surface area (TPSA) is 0 Å². The quantitative estimate of drug-likeness (QED) is 0.116. The van der Waals surface area contributed by atoms with Crippen LogP contribution >= 0.6 is 0 Å². The summed E-state index contributed by atoms with van der Waals surface area (Å²) >= 11 is 0. The van der Waals surface area contributed by atoms with Gasteiger partial charge in [-0.2, -0.15) is 0 Å². The summed E-state index contributed by atoms with van der Waals surface area (Å²) in [6, 6.07) is 41.8. The smallest absolute Gasteiger partial charge is 0.0719 e. The maximum absolute atomic E-state index is 2.47. The van der Waals surface area contributed by atoms with Gasteiger partial charge in [-0.15, -0.1) is 29.7 Å². The molecule has 0 spiro atoms. The highest BCUT2D eigenvalue weighted by molar-refractivity contribution is 6.48. The van der Waals surface area contributed by atoms with Crippen LogP contribution in [0.5, 0.6) is 0 Å². The van der Waals surface area contributed by atoms with Crippen LogP contribution in [0.1, 0.15) is 0 Å². The molecule has 0 amide bonds. The summed E-state index contributed by atoms with van der Waals surface area (Å²) in [6.07, 6.45) is 0. The van der Waals surface area contributed by atoms with Gasteiger partial charge in [-0.05, 0) is 63.3 Å². The zero-order chi connectivity index (χ0) is 24.3. The van der Waals surface area contributed by atoms with Crippen molar-refractivity contribution in [3.63, 3.8) is 0 Å². The van der Waals surface area contributed by atoms with Crippen LogP contribution in [0, 0.1) is 0 Å². The van der Waals surface area contributed by atoms with Crippen LogP contribution in [0.2, 0.25) is 0 Å². The average molecular weight is 475 g/mol. The third-order valence-corrected chi connectivity index (χ3v) is 9.49. The van der Waals surface area contributed by atoms with Crippen molar-refractivity contribution in [2.75, 3.05) is 0 Å². The summed E-state index contributed by atoms with van der Waals surface area (Å²) in [6.45, 7) is 0. The highest BCUT2D eigenvalue weighted by atomic mass is 14.3. The van der Waals surface area contributed by atoms with Gasteiger partial charge in [0.1, 0.15) is 0 Å². The summed E-state index contributed by atoms with van der Waals surface area (Å²) in [7, 11) is 0. The van der Waals surface area contributed by atoms with E-state index in [0.717, 1.165) is 0 Å². The molecule has 0 saturated heterocycles. The predicted octanol–water partition coefficient (Wildman–Crippen LogP) is 11.0. The van der Waals surface area contributed by atoms with Gasteiger partial charge in [-0.1, -0.05) is 47.2 Å². The van der Waals surface area contributed by atoms with E-state index in [-0.39, 0.29) is 0 Å². The Hall–Kier alpha value is -4.94. The second-order valence-corrected chi connectivity index (χ2v) is 11.3. The van der Waals surface area contributed by atoms with Crippen molar-refractivity contribution in [3.8, 4) is 0 Å². The van der Waals surface area contributed by atoms with Crippen molar-refractivity contribution < 1.29 is 0 Å². The monoisotopic (exact) mass is 474 g/mol. The molecule has 0 nitrogen and oxygen atoms in total. The van der Waals surface area contributed by atoms with Crippen LogP contribution in [-0.4, -0.2) is 0 Å². The van der Waals surface area contributed by atoms with Gasteiger partial charge < -0.3 is 0 Å². The normalized spacial score (nSPS) is 13.3. The van der Waals surface area contributed by atoms with E-state index in [1.165, 1.54) is 108 Å². The Morgan fingerprint density at radius 2 is 0.947 bits per heavy atom. The third kappa shape index (κ3) is 1.85. The molecule has 0 aliphatic heterocycles. The molecule has 0 unspecified atom stereocenters. The lowest BCUT2D eigenvalue weighted by Gasteiger charge is -2.22. The van der Waals surface area contributed by atoms with Crippen LogP contribution in [-0.2, 0) is 0 Å². The lowest BCUT2D eigenvalue weighted by molar-refractivity contribution is 1.80. The van der Waals surface area contributed by atoms with Gasteiger partial charge in [0.2, 0.25) is 0 Å². The second kappa shape index (κ2) is 5.79. The van der Waals surface area contributed by atoms with Crippen LogP contribution in [0.15, 0.2) is 109 Å². The Bertz CT molecular complexity index is 2390. The first-order valence-corrected chi connectivity index (χ1v) is 13.4. The van der Waals surface area contributed by atoms with Gasteiger partial charge >= 0.3 is 0 Å². The molecule has 11 rings (SSSR count). The first-order valence-electron chi connectivity index (χ1n) is 13.4. The van der Waals surface area contributed by atoms with Crippen molar-refractivity contribution in [1.29, 1.82) is 0 Å². The number of rotatable bonds is 0. The molecule has 0 fully saturated rings. The Labute approximate surface area is 216 Å². The zero-order valence-corrected chi connectivity index (χ0v) is 20.4. The summed E-state index contributed by atoms with van der Waals surface area (Å²) in [5, 5.41) is 27.5. The van der Waals surface area contributed by atoms with E-state index in [2.05, 4.69) is 109 Å². The lowest BCUT2D eigenvalue weighted by atomic mass is 9.80. The number of hydrogen-bond donors (Lipinski definition) is 0. The summed E-state index contributed by atoms with van der Waals surface area (Å²) < 4.78 is 0. The van der Waals surface area contributed by atoms with Gasteiger partial charge in [0.15, 0.2) is 0 Å². The van der Waals surface area contributed by atoms with Gasteiger partial charge in [-0.3, -0.25) is 0 Å². The highest BCUT2D eigenvalue weighted by Gasteiger charge is 2.26. The fourth-order valence-electron chi connectivity index (χ4n) is 8.15. The average Bonchev–Trinajstić information content (AvgIpc) is 2.95. The SMILES string of the molecule is c1cc2cc3cc[cH-]c4cc5c6c(cc(c1)c2c6c34)c1cc2cccc3cc4cccc6cc5[c+]1c(c32)c46. The minimum atomic E-state index is 1.33. The van der Waals surface area contributed by atoms with Gasteiger partial charge in [0, 0.05) is 55.2 Å².